The number of nitrogens with one attached hydrogen (secondary N) is 2. The van der Waals surface area contributed by atoms with Gasteiger partial charge in [0.15, 0.2) is 6.29 Å². The molecule has 0 aromatic heterocycles. The van der Waals surface area contributed by atoms with Crippen LogP contribution in [0.1, 0.15) is 393 Å². The van der Waals surface area contributed by atoms with Gasteiger partial charge in [0.2, 0.25) is 17.7 Å². The fraction of sp³-hybridized carbons (Fsp3) is 0.845. The van der Waals surface area contributed by atoms with E-state index in [0.717, 1.165) is 173 Å². The monoisotopic (exact) mass is 1490 g/mol. The molecule has 1 saturated heterocycles. The maximum Gasteiger partial charge on any atom is 0.470 e. The fourth-order valence-corrected chi connectivity index (χ4v) is 14.3. The third kappa shape index (κ3) is 53.6. The van der Waals surface area contributed by atoms with E-state index in [2.05, 4.69) is 62.4 Å². The molecule has 0 saturated carbocycles. The van der Waals surface area contributed by atoms with Crippen molar-refractivity contribution >= 4 is 49.2 Å². The molecular weight excluding hydrogens is 1340 g/mol. The molecule has 2 rings (SSSR count). The van der Waals surface area contributed by atoms with Crippen LogP contribution >= 0.6 is 7.82 Å². The lowest BCUT2D eigenvalue weighted by Crippen LogP contribution is -2.63. The first-order valence-corrected chi connectivity index (χ1v) is 44.0. The molecule has 0 bridgehead atoms. The van der Waals surface area contributed by atoms with Crippen LogP contribution < -0.4 is 10.6 Å². The number of amides is 3. The quantitative estimate of drug-likeness (QED) is 0.0175. The molecule has 104 heavy (non-hydrogen) atoms. The lowest BCUT2D eigenvalue weighted by molar-refractivity contribution is -0.209. The highest BCUT2D eigenvalue weighted by Crippen LogP contribution is 2.41. The number of phosphoric acid groups is 1. The Morgan fingerprint density at radius 3 is 1.18 bits per heavy atom. The first-order chi connectivity index (χ1) is 50.5. The predicted octanol–water partition coefficient (Wildman–Crippen LogP) is 20.3. The standard InChI is InChI=1S/C84H150N3O16P/c1-6-11-16-21-26-29-34-39-49-58-71(99-78(92)61-52-42-32-24-19-14-9-4)66-75(89)85-64-65-98-84-82(87-77(91)68-73(60-51-41-36-31-28-23-18-13-8-3)101-79(93)62-53-43-33-25-20-15-10-5)81(83(74(69-88)102-84)103-104(95,96)97)86-76(90)67-72(59-50-40-35-30-27-22-17-12-7-2)100-80(94)63-54-44-37-38-46-55-70-56-47-45-48-57-70/h45,47-48,56-57,71-74,82-84,88H,6-44,46,49-55,58-69H2,1-5H3,(H,85,89)(H,87,91)(H2,95,96,97)/t71-,72-,73-,74?,82?,83-,84-/m1/s1. The van der Waals surface area contributed by atoms with Crippen LogP contribution in [0.4, 0.5) is 0 Å². The molecule has 19 nitrogen and oxygen atoms in total. The topological polar surface area (TPSA) is 272 Å². The minimum atomic E-state index is -5.48. The maximum absolute atomic E-state index is 14.8. The number of ether oxygens (including phenoxy) is 5. The number of carbonyl (C=O) groups is 6. The number of carbonyl (C=O) groups excluding carboxylic acids is 6. The largest absolute Gasteiger partial charge is 0.470 e. The Bertz CT molecular complexity index is 2380. The summed E-state index contributed by atoms with van der Waals surface area (Å²) < 4.78 is 49.1. The number of aliphatic imine (C=N–C) groups is 1. The zero-order valence-electron chi connectivity index (χ0n) is 66.2. The molecule has 1 fully saturated rings. The second kappa shape index (κ2) is 65.9. The van der Waals surface area contributed by atoms with Gasteiger partial charge in [-0.15, -0.1) is 0 Å². The van der Waals surface area contributed by atoms with Gasteiger partial charge in [-0.05, 0) is 76.2 Å². The Kier molecular flexibility index (Phi) is 60.9. The SMILES string of the molecule is CCCCCCCCCCC[C@H](CC(=O)N=C1C(NC(=O)C[C@@H](CCCCCCCCCCC)OC(=O)CCCCCCCCC)[C@H](OCCNC(=O)C[C@@H](CCCCCCCCCCC)OC(=O)CCCCCCCCC)OC(CO)[C@H]1OP(=O)(O)O)OC(=O)CCCCCCCc1ccccc1. The number of aliphatic hydroxyl groups excluding tert-OH is 1. The van der Waals surface area contributed by atoms with E-state index in [4.69, 9.17) is 28.2 Å². The Morgan fingerprint density at radius 2 is 0.808 bits per heavy atom. The highest BCUT2D eigenvalue weighted by molar-refractivity contribution is 7.46. The molecule has 2 unspecified atom stereocenters. The minimum Gasteiger partial charge on any atom is -0.462 e. The summed E-state index contributed by atoms with van der Waals surface area (Å²) in [6, 6.07) is 8.73. The van der Waals surface area contributed by atoms with Crippen LogP contribution in [0, 0.1) is 0 Å². The summed E-state index contributed by atoms with van der Waals surface area (Å²) in [5.41, 5.74) is 0.872. The van der Waals surface area contributed by atoms with Crippen LogP contribution in [0.3, 0.4) is 0 Å². The Hall–Kier alpha value is -4.10. The van der Waals surface area contributed by atoms with Crippen molar-refractivity contribution in [1.82, 2.24) is 10.6 Å². The van der Waals surface area contributed by atoms with Gasteiger partial charge in [-0.3, -0.25) is 33.3 Å². The van der Waals surface area contributed by atoms with Crippen LogP contribution in [0.2, 0.25) is 0 Å². The molecule has 0 spiro atoms. The van der Waals surface area contributed by atoms with Gasteiger partial charge in [0, 0.05) is 25.8 Å². The van der Waals surface area contributed by atoms with Crippen molar-refractivity contribution in [2.24, 2.45) is 4.99 Å². The molecule has 0 aliphatic carbocycles. The Balaban J connectivity index is 2.56. The van der Waals surface area contributed by atoms with E-state index >= 15 is 0 Å². The van der Waals surface area contributed by atoms with Gasteiger partial charge < -0.3 is 49.2 Å². The number of phosphoric ester groups is 1. The number of hydrogen-bond acceptors (Lipinski definition) is 14. The van der Waals surface area contributed by atoms with Gasteiger partial charge in [0.05, 0.1) is 38.2 Å². The molecule has 5 N–H and O–H groups in total. The van der Waals surface area contributed by atoms with Crippen LogP contribution in [-0.4, -0.2) is 119 Å². The molecule has 602 valence electrons. The molecule has 1 aliphatic rings. The summed E-state index contributed by atoms with van der Waals surface area (Å²) in [6.07, 6.45) is 42.2. The fourth-order valence-electron chi connectivity index (χ4n) is 13.7. The number of aryl methyl sites for hydroxylation is 1. The Labute approximate surface area is 630 Å². The maximum atomic E-state index is 14.8. The lowest BCUT2D eigenvalue weighted by Gasteiger charge is -2.41. The first kappa shape index (κ1) is 96.0. The predicted molar refractivity (Wildman–Crippen MR) is 418 cm³/mol. The van der Waals surface area contributed by atoms with E-state index in [1.807, 2.05) is 18.2 Å². The number of unbranched alkanes of at least 4 members (excludes halogenated alkanes) is 40. The van der Waals surface area contributed by atoms with Crippen molar-refractivity contribution in [2.75, 3.05) is 19.8 Å². The molecule has 0 radical (unpaired) electrons. The Morgan fingerprint density at radius 1 is 0.462 bits per heavy atom. The highest BCUT2D eigenvalue weighted by Gasteiger charge is 2.48. The summed E-state index contributed by atoms with van der Waals surface area (Å²) in [6.45, 7) is 9.66. The van der Waals surface area contributed by atoms with Crippen LogP contribution in [0.25, 0.3) is 0 Å². The summed E-state index contributed by atoms with van der Waals surface area (Å²) in [5, 5.41) is 16.7. The van der Waals surface area contributed by atoms with Gasteiger partial charge in [-0.25, -0.2) is 9.56 Å². The summed E-state index contributed by atoms with van der Waals surface area (Å²) in [4.78, 5) is 109. The zero-order chi connectivity index (χ0) is 75.8. The number of benzene rings is 1. The van der Waals surface area contributed by atoms with Crippen LogP contribution in [0.15, 0.2) is 35.3 Å². The second-order valence-corrected chi connectivity index (χ2v) is 30.9. The van der Waals surface area contributed by atoms with Crippen LogP contribution in [-0.2, 0) is 68.0 Å². The third-order valence-corrected chi connectivity index (χ3v) is 20.4. The summed E-state index contributed by atoms with van der Waals surface area (Å²) in [5.74, 6) is -3.13. The number of aliphatic hydroxyl groups is 1. The summed E-state index contributed by atoms with van der Waals surface area (Å²) >= 11 is 0. The van der Waals surface area contributed by atoms with E-state index in [1.165, 1.54) is 102 Å². The molecule has 1 aromatic rings. The minimum absolute atomic E-state index is 0.0832. The number of nitrogens with zero attached hydrogens (tertiary/aromatic N) is 1. The van der Waals surface area contributed by atoms with Gasteiger partial charge in [0.25, 0.3) is 0 Å². The van der Waals surface area contributed by atoms with Crippen molar-refractivity contribution in [1.29, 1.82) is 0 Å². The molecular formula is C84H150N3O16P. The van der Waals surface area contributed by atoms with E-state index in [0.29, 0.717) is 51.4 Å². The molecule has 3 amide bonds. The van der Waals surface area contributed by atoms with E-state index in [9.17, 15) is 48.2 Å². The number of hydrogen-bond donors (Lipinski definition) is 5. The van der Waals surface area contributed by atoms with Crippen molar-refractivity contribution in [3.63, 3.8) is 0 Å². The zero-order valence-corrected chi connectivity index (χ0v) is 67.1. The van der Waals surface area contributed by atoms with Gasteiger partial charge >= 0.3 is 25.7 Å². The van der Waals surface area contributed by atoms with Crippen molar-refractivity contribution in [3.8, 4) is 0 Å². The van der Waals surface area contributed by atoms with Crippen molar-refractivity contribution in [2.45, 2.75) is 437 Å². The molecule has 1 aromatic carbocycles. The number of esters is 3. The third-order valence-electron chi connectivity index (χ3n) is 19.9. The average Bonchev–Trinajstić information content (AvgIpc) is 0.781. The van der Waals surface area contributed by atoms with Gasteiger partial charge in [-0.2, -0.15) is 0 Å². The molecule has 20 heteroatoms. The van der Waals surface area contributed by atoms with Crippen molar-refractivity contribution in [3.05, 3.63) is 35.9 Å². The average molecular weight is 1490 g/mol. The first-order valence-electron chi connectivity index (χ1n) is 42.5. The van der Waals surface area contributed by atoms with E-state index in [-0.39, 0.29) is 51.2 Å². The number of rotatable bonds is 71. The van der Waals surface area contributed by atoms with E-state index < -0.39 is 99.1 Å². The molecule has 1 aliphatic heterocycles. The highest BCUT2D eigenvalue weighted by atomic mass is 31.2. The lowest BCUT2D eigenvalue weighted by atomic mass is 9.96. The van der Waals surface area contributed by atoms with Crippen LogP contribution in [0.5, 0.6) is 0 Å². The van der Waals surface area contributed by atoms with Crippen molar-refractivity contribution < 1.29 is 76.4 Å². The molecule has 1 heterocycles. The van der Waals surface area contributed by atoms with Gasteiger partial charge in [-0.1, -0.05) is 315 Å². The normalized spacial score (nSPS) is 16.6. The second-order valence-electron chi connectivity index (χ2n) is 29.7. The smallest absolute Gasteiger partial charge is 0.462 e. The summed E-state index contributed by atoms with van der Waals surface area (Å²) in [7, 11) is -5.48. The molecule has 7 atom stereocenters. The van der Waals surface area contributed by atoms with Gasteiger partial charge in [0.1, 0.15) is 36.6 Å². The van der Waals surface area contributed by atoms with E-state index in [1.54, 1.807) is 0 Å².